The van der Waals surface area contributed by atoms with Gasteiger partial charge >= 0.3 is 5.97 Å². The van der Waals surface area contributed by atoms with Crippen molar-refractivity contribution in [2.45, 2.75) is 38.1 Å². The van der Waals surface area contributed by atoms with E-state index in [9.17, 15) is 4.79 Å². The van der Waals surface area contributed by atoms with E-state index in [0.717, 1.165) is 12.8 Å². The van der Waals surface area contributed by atoms with Crippen LogP contribution in [0.2, 0.25) is 0 Å². The van der Waals surface area contributed by atoms with Crippen LogP contribution >= 0.6 is 0 Å². The van der Waals surface area contributed by atoms with Crippen molar-refractivity contribution < 1.29 is 19.3 Å². The lowest BCUT2D eigenvalue weighted by atomic mass is 9.68. The minimum Gasteiger partial charge on any atom is -0.426 e. The normalized spacial score (nSPS) is 50.1. The van der Waals surface area contributed by atoms with Crippen molar-refractivity contribution in [1.82, 2.24) is 0 Å². The van der Waals surface area contributed by atoms with Gasteiger partial charge in [0.25, 0.3) is 5.79 Å². The number of carbonyl (C=O) groups is 1. The van der Waals surface area contributed by atoms with Gasteiger partial charge in [0.15, 0.2) is 0 Å². The predicted octanol–water partition coefficient (Wildman–Crippen LogP) is 1.32. The average Bonchev–Trinajstić information content (AvgIpc) is 2.17. The fraction of sp³-hybridized carbons (Fsp3) is 0.700. The van der Waals surface area contributed by atoms with Crippen LogP contribution in [-0.4, -0.2) is 17.9 Å². The van der Waals surface area contributed by atoms with Crippen LogP contribution in [0.25, 0.3) is 0 Å². The van der Waals surface area contributed by atoms with Gasteiger partial charge in [0, 0.05) is 11.8 Å². The van der Waals surface area contributed by atoms with Gasteiger partial charge in [-0.05, 0) is 18.9 Å². The van der Waals surface area contributed by atoms with E-state index in [-0.39, 0.29) is 17.5 Å². The highest BCUT2D eigenvalue weighted by molar-refractivity contribution is 5.71. The third-order valence-corrected chi connectivity index (χ3v) is 3.47. The molecule has 4 nitrogen and oxygen atoms in total. The summed E-state index contributed by atoms with van der Waals surface area (Å²) in [7, 11) is 0. The summed E-state index contributed by atoms with van der Waals surface area (Å²) < 4.78 is 5.30. The summed E-state index contributed by atoms with van der Waals surface area (Å²) in [5, 5.41) is 0. The van der Waals surface area contributed by atoms with Gasteiger partial charge in [-0.3, -0.25) is 4.79 Å². The van der Waals surface area contributed by atoms with Crippen molar-refractivity contribution in [2.24, 2.45) is 5.41 Å². The van der Waals surface area contributed by atoms with Gasteiger partial charge in [-0.2, -0.15) is 4.89 Å². The van der Waals surface area contributed by atoms with E-state index in [0.29, 0.717) is 6.42 Å². The minimum atomic E-state index is -0.961. The molecule has 0 aromatic carbocycles. The number of hydrogen-bond donors (Lipinski definition) is 0. The standard InChI is InChI=1S/C10H12O4/c1-9-4-3-8(11)12-10(9)5-2-7(6-9)13-14-10/h2,5,7H,3-4,6H2,1H3. The molecule has 3 aliphatic heterocycles. The number of rotatable bonds is 0. The first-order valence-electron chi connectivity index (χ1n) is 4.89. The zero-order valence-electron chi connectivity index (χ0n) is 7.99. The van der Waals surface area contributed by atoms with Crippen molar-refractivity contribution in [3.63, 3.8) is 0 Å². The van der Waals surface area contributed by atoms with Crippen molar-refractivity contribution in [1.29, 1.82) is 0 Å². The Hall–Kier alpha value is -0.870. The maximum Gasteiger partial charge on any atom is 0.308 e. The molecule has 76 valence electrons. The summed E-state index contributed by atoms with van der Waals surface area (Å²) >= 11 is 0. The molecular formula is C10H12O4. The number of esters is 1. The summed E-state index contributed by atoms with van der Waals surface area (Å²) in [5.74, 6) is -1.17. The van der Waals surface area contributed by atoms with Crippen molar-refractivity contribution in [3.8, 4) is 0 Å². The first-order chi connectivity index (χ1) is 6.64. The van der Waals surface area contributed by atoms with Gasteiger partial charge in [-0.25, -0.2) is 4.89 Å². The molecule has 0 N–H and O–H groups in total. The molecule has 3 unspecified atom stereocenters. The van der Waals surface area contributed by atoms with Gasteiger partial charge < -0.3 is 4.74 Å². The van der Waals surface area contributed by atoms with E-state index in [1.165, 1.54) is 0 Å². The fourth-order valence-electron chi connectivity index (χ4n) is 2.47. The largest absolute Gasteiger partial charge is 0.426 e. The number of fused-ring (bicyclic) bond motifs is 1. The lowest BCUT2D eigenvalue weighted by Crippen LogP contribution is -2.60. The first-order valence-corrected chi connectivity index (χ1v) is 4.89. The van der Waals surface area contributed by atoms with E-state index in [2.05, 4.69) is 6.92 Å². The van der Waals surface area contributed by atoms with Crippen LogP contribution in [0.4, 0.5) is 0 Å². The van der Waals surface area contributed by atoms with Crippen LogP contribution in [0, 0.1) is 5.41 Å². The summed E-state index contributed by atoms with van der Waals surface area (Å²) in [6.07, 6.45) is 5.87. The minimum absolute atomic E-state index is 0.0127. The monoisotopic (exact) mass is 196 g/mol. The quantitative estimate of drug-likeness (QED) is 0.333. The van der Waals surface area contributed by atoms with E-state index in [1.807, 2.05) is 12.2 Å². The number of ether oxygens (including phenoxy) is 1. The van der Waals surface area contributed by atoms with Crippen LogP contribution < -0.4 is 0 Å². The molecule has 3 atom stereocenters. The summed E-state index contributed by atoms with van der Waals surface area (Å²) in [4.78, 5) is 21.5. The van der Waals surface area contributed by atoms with Crippen molar-refractivity contribution in [2.75, 3.05) is 0 Å². The van der Waals surface area contributed by atoms with Crippen molar-refractivity contribution >= 4 is 5.97 Å². The molecule has 14 heavy (non-hydrogen) atoms. The highest BCUT2D eigenvalue weighted by Crippen LogP contribution is 2.53. The van der Waals surface area contributed by atoms with Gasteiger partial charge in [0.2, 0.25) is 0 Å². The average molecular weight is 196 g/mol. The molecule has 0 aromatic rings. The van der Waals surface area contributed by atoms with E-state index in [4.69, 9.17) is 14.5 Å². The molecule has 2 bridgehead atoms. The molecule has 2 saturated heterocycles. The summed E-state index contributed by atoms with van der Waals surface area (Å²) in [6, 6.07) is 0. The van der Waals surface area contributed by atoms with Crippen molar-refractivity contribution in [3.05, 3.63) is 12.2 Å². The molecule has 4 rings (SSSR count). The van der Waals surface area contributed by atoms with E-state index >= 15 is 0 Å². The zero-order chi connectivity index (χ0) is 9.81. The highest BCUT2D eigenvalue weighted by Gasteiger charge is 2.61. The lowest BCUT2D eigenvalue weighted by Gasteiger charge is -2.53. The molecular weight excluding hydrogens is 184 g/mol. The van der Waals surface area contributed by atoms with Crippen LogP contribution in [0.3, 0.4) is 0 Å². The Morgan fingerprint density at radius 2 is 2.43 bits per heavy atom. The zero-order valence-corrected chi connectivity index (χ0v) is 7.99. The molecule has 0 amide bonds. The number of hydrogen-bond acceptors (Lipinski definition) is 4. The second-order valence-electron chi connectivity index (χ2n) is 4.48. The Balaban J connectivity index is 2.06. The van der Waals surface area contributed by atoms with Crippen LogP contribution in [-0.2, 0) is 19.3 Å². The molecule has 4 aliphatic rings. The Bertz CT molecular complexity index is 324. The number of carbonyl (C=O) groups excluding carboxylic acids is 1. The molecule has 1 aliphatic carbocycles. The fourth-order valence-corrected chi connectivity index (χ4v) is 2.47. The Morgan fingerprint density at radius 3 is 3.14 bits per heavy atom. The molecule has 4 heteroatoms. The van der Waals surface area contributed by atoms with Gasteiger partial charge in [0.05, 0.1) is 0 Å². The van der Waals surface area contributed by atoms with Crippen LogP contribution in [0.15, 0.2) is 12.2 Å². The van der Waals surface area contributed by atoms with Gasteiger partial charge in [0.1, 0.15) is 6.10 Å². The second kappa shape index (κ2) is 2.38. The Kier molecular flexibility index (Phi) is 1.43. The highest BCUT2D eigenvalue weighted by atomic mass is 17.2. The van der Waals surface area contributed by atoms with E-state index < -0.39 is 5.79 Å². The second-order valence-corrected chi connectivity index (χ2v) is 4.48. The third kappa shape index (κ3) is 0.875. The first kappa shape index (κ1) is 8.44. The van der Waals surface area contributed by atoms with Gasteiger partial charge in [-0.1, -0.05) is 13.0 Å². The third-order valence-electron chi connectivity index (χ3n) is 3.47. The predicted molar refractivity (Wildman–Crippen MR) is 45.9 cm³/mol. The molecule has 2 fully saturated rings. The smallest absolute Gasteiger partial charge is 0.308 e. The van der Waals surface area contributed by atoms with Gasteiger partial charge in [-0.15, -0.1) is 0 Å². The SMILES string of the molecule is CC12CCC(=O)OC13C=CC(C2)OO3. The molecule has 0 saturated carbocycles. The van der Waals surface area contributed by atoms with Crippen LogP contribution in [0.1, 0.15) is 26.2 Å². The maximum absolute atomic E-state index is 11.2. The van der Waals surface area contributed by atoms with Crippen LogP contribution in [0.5, 0.6) is 0 Å². The Morgan fingerprint density at radius 1 is 1.57 bits per heavy atom. The summed E-state index contributed by atoms with van der Waals surface area (Å²) in [5.41, 5.74) is -0.126. The van der Waals surface area contributed by atoms with E-state index in [1.54, 1.807) is 0 Å². The molecule has 0 radical (unpaired) electrons. The molecule has 0 aromatic heterocycles. The maximum atomic E-state index is 11.2. The Labute approximate surface area is 81.7 Å². The summed E-state index contributed by atoms with van der Waals surface area (Å²) in [6.45, 7) is 2.08. The molecule has 3 heterocycles. The topological polar surface area (TPSA) is 44.8 Å². The molecule has 1 spiro atoms. The lowest BCUT2D eigenvalue weighted by molar-refractivity contribution is -0.482.